The number of hydrogen-bond acceptors (Lipinski definition) is 3. The second-order valence-corrected chi connectivity index (χ2v) is 8.94. The normalized spacial score (nSPS) is 23.3. The van der Waals surface area contributed by atoms with Crippen molar-refractivity contribution in [1.29, 1.82) is 0 Å². The van der Waals surface area contributed by atoms with Gasteiger partial charge in [-0.1, -0.05) is 45.0 Å². The van der Waals surface area contributed by atoms with Crippen molar-refractivity contribution in [1.82, 2.24) is 5.32 Å². The zero-order chi connectivity index (χ0) is 15.6. The van der Waals surface area contributed by atoms with Crippen LogP contribution in [0.25, 0.3) is 0 Å². The zero-order valence-corrected chi connectivity index (χ0v) is 14.3. The summed E-state index contributed by atoms with van der Waals surface area (Å²) in [5.41, 5.74) is 2.34. The molecular weight excluding hydrogens is 282 g/mol. The lowest BCUT2D eigenvalue weighted by Gasteiger charge is -2.26. The second kappa shape index (κ2) is 6.49. The van der Waals surface area contributed by atoms with E-state index in [0.29, 0.717) is 6.42 Å². The standard InChI is InChI=1S/C17H27NO2S/c1-5-10-18-17-15-9-7-6-8-14(15)11-16(17)21(19,20)13(4)12(2)3/h6-9,12-13,16-18H,5,10-11H2,1-4H3. The van der Waals surface area contributed by atoms with E-state index in [2.05, 4.69) is 24.4 Å². The molecule has 0 heterocycles. The molecule has 2 rings (SSSR count). The fraction of sp³-hybridized carbons (Fsp3) is 0.647. The summed E-state index contributed by atoms with van der Waals surface area (Å²) in [6.45, 7) is 8.77. The van der Waals surface area contributed by atoms with Crippen molar-refractivity contribution < 1.29 is 8.42 Å². The Morgan fingerprint density at radius 2 is 1.90 bits per heavy atom. The van der Waals surface area contributed by atoms with E-state index < -0.39 is 9.84 Å². The summed E-state index contributed by atoms with van der Waals surface area (Å²) < 4.78 is 26.0. The predicted molar refractivity (Wildman–Crippen MR) is 88.2 cm³/mol. The molecule has 1 aliphatic rings. The van der Waals surface area contributed by atoms with Crippen molar-refractivity contribution in [3.8, 4) is 0 Å². The molecule has 1 aliphatic carbocycles. The first-order valence-corrected chi connectivity index (χ1v) is 9.54. The van der Waals surface area contributed by atoms with Crippen molar-refractivity contribution in [3.63, 3.8) is 0 Å². The molecule has 1 N–H and O–H groups in total. The van der Waals surface area contributed by atoms with Gasteiger partial charge in [0.15, 0.2) is 9.84 Å². The van der Waals surface area contributed by atoms with Gasteiger partial charge in [0.2, 0.25) is 0 Å². The monoisotopic (exact) mass is 309 g/mol. The highest BCUT2D eigenvalue weighted by Crippen LogP contribution is 2.37. The van der Waals surface area contributed by atoms with Crippen molar-refractivity contribution in [2.24, 2.45) is 5.92 Å². The van der Waals surface area contributed by atoms with Gasteiger partial charge < -0.3 is 5.32 Å². The van der Waals surface area contributed by atoms with Crippen LogP contribution in [0.15, 0.2) is 24.3 Å². The molecule has 21 heavy (non-hydrogen) atoms. The van der Waals surface area contributed by atoms with Crippen molar-refractivity contribution in [3.05, 3.63) is 35.4 Å². The first-order chi connectivity index (χ1) is 9.89. The van der Waals surface area contributed by atoms with Crippen LogP contribution in [0.4, 0.5) is 0 Å². The summed E-state index contributed by atoms with van der Waals surface area (Å²) in [6, 6.07) is 8.06. The number of fused-ring (bicyclic) bond motifs is 1. The van der Waals surface area contributed by atoms with E-state index in [-0.39, 0.29) is 22.5 Å². The maximum atomic E-state index is 13.0. The Labute approximate surface area is 129 Å². The van der Waals surface area contributed by atoms with Crippen molar-refractivity contribution >= 4 is 9.84 Å². The van der Waals surface area contributed by atoms with Gasteiger partial charge in [0.05, 0.1) is 10.5 Å². The molecule has 0 amide bonds. The lowest BCUT2D eigenvalue weighted by Crippen LogP contribution is -2.40. The minimum absolute atomic E-state index is 0.0626. The van der Waals surface area contributed by atoms with Crippen LogP contribution in [0.2, 0.25) is 0 Å². The molecule has 0 fully saturated rings. The molecular formula is C17H27NO2S. The molecule has 4 heteroatoms. The number of nitrogens with one attached hydrogen (secondary N) is 1. The van der Waals surface area contributed by atoms with Crippen LogP contribution in [0.3, 0.4) is 0 Å². The van der Waals surface area contributed by atoms with Gasteiger partial charge in [-0.05, 0) is 43.4 Å². The molecule has 1 aromatic carbocycles. The average molecular weight is 309 g/mol. The first-order valence-electron chi connectivity index (χ1n) is 7.93. The molecule has 0 spiro atoms. The van der Waals surface area contributed by atoms with E-state index in [4.69, 9.17) is 0 Å². The minimum Gasteiger partial charge on any atom is -0.309 e. The first kappa shape index (κ1) is 16.5. The maximum Gasteiger partial charge on any atom is 0.158 e. The van der Waals surface area contributed by atoms with Gasteiger partial charge in [-0.15, -0.1) is 0 Å². The summed E-state index contributed by atoms with van der Waals surface area (Å²) in [7, 11) is -3.15. The van der Waals surface area contributed by atoms with Crippen LogP contribution in [-0.2, 0) is 16.3 Å². The molecule has 0 aromatic heterocycles. The quantitative estimate of drug-likeness (QED) is 0.878. The zero-order valence-electron chi connectivity index (χ0n) is 13.5. The summed E-state index contributed by atoms with van der Waals surface area (Å²) >= 11 is 0. The molecule has 3 atom stereocenters. The van der Waals surface area contributed by atoms with Gasteiger partial charge in [0.1, 0.15) is 0 Å². The predicted octanol–water partition coefficient (Wildman–Crippen LogP) is 3.11. The van der Waals surface area contributed by atoms with Gasteiger partial charge >= 0.3 is 0 Å². The van der Waals surface area contributed by atoms with E-state index >= 15 is 0 Å². The fourth-order valence-electron chi connectivity index (χ4n) is 3.06. The van der Waals surface area contributed by atoms with Gasteiger partial charge in [0.25, 0.3) is 0 Å². The lowest BCUT2D eigenvalue weighted by atomic mass is 10.1. The third kappa shape index (κ3) is 3.16. The van der Waals surface area contributed by atoms with E-state index in [1.165, 1.54) is 5.56 Å². The van der Waals surface area contributed by atoms with Crippen LogP contribution >= 0.6 is 0 Å². The molecule has 3 unspecified atom stereocenters. The lowest BCUT2D eigenvalue weighted by molar-refractivity contribution is 0.486. The molecule has 3 nitrogen and oxygen atoms in total. The Kier molecular flexibility index (Phi) is 5.10. The number of rotatable bonds is 6. The van der Waals surface area contributed by atoms with E-state index in [0.717, 1.165) is 18.5 Å². The second-order valence-electron chi connectivity index (χ2n) is 6.41. The third-order valence-electron chi connectivity index (χ3n) is 4.68. The van der Waals surface area contributed by atoms with Crippen LogP contribution in [0, 0.1) is 5.92 Å². The summed E-state index contributed by atoms with van der Waals surface area (Å²) in [6.07, 6.45) is 1.64. The molecule has 0 saturated heterocycles. The van der Waals surface area contributed by atoms with Crippen LogP contribution in [0.5, 0.6) is 0 Å². The summed E-state index contributed by atoms with van der Waals surface area (Å²) in [4.78, 5) is 0. The summed E-state index contributed by atoms with van der Waals surface area (Å²) in [5, 5.41) is 2.82. The Balaban J connectivity index is 2.35. The third-order valence-corrected chi connectivity index (χ3v) is 7.54. The SMILES string of the molecule is CCCNC1c2ccccc2CC1S(=O)(=O)C(C)C(C)C. The highest BCUT2D eigenvalue weighted by atomic mass is 32.2. The number of benzene rings is 1. The molecule has 0 saturated carbocycles. The fourth-order valence-corrected chi connectivity index (χ4v) is 5.40. The van der Waals surface area contributed by atoms with Gasteiger partial charge in [-0.2, -0.15) is 0 Å². The number of sulfone groups is 1. The molecule has 0 aliphatic heterocycles. The van der Waals surface area contributed by atoms with Crippen LogP contribution < -0.4 is 5.32 Å². The average Bonchev–Trinajstić information content (AvgIpc) is 2.83. The van der Waals surface area contributed by atoms with Crippen molar-refractivity contribution in [2.45, 2.75) is 57.1 Å². The Morgan fingerprint density at radius 1 is 1.24 bits per heavy atom. The van der Waals surface area contributed by atoms with Gasteiger partial charge in [-0.3, -0.25) is 0 Å². The van der Waals surface area contributed by atoms with Gasteiger partial charge in [-0.25, -0.2) is 8.42 Å². The Bertz CT molecular complexity index is 580. The maximum absolute atomic E-state index is 13.0. The summed E-state index contributed by atoms with van der Waals surface area (Å²) in [5.74, 6) is 0.144. The highest BCUT2D eigenvalue weighted by Gasteiger charge is 2.43. The molecule has 1 aromatic rings. The van der Waals surface area contributed by atoms with Crippen LogP contribution in [0.1, 0.15) is 51.3 Å². The van der Waals surface area contributed by atoms with E-state index in [9.17, 15) is 8.42 Å². The van der Waals surface area contributed by atoms with Crippen LogP contribution in [-0.4, -0.2) is 25.5 Å². The van der Waals surface area contributed by atoms with E-state index in [1.54, 1.807) is 0 Å². The van der Waals surface area contributed by atoms with Crippen molar-refractivity contribution in [2.75, 3.05) is 6.54 Å². The Morgan fingerprint density at radius 3 is 2.52 bits per heavy atom. The minimum atomic E-state index is -3.15. The molecule has 0 bridgehead atoms. The topological polar surface area (TPSA) is 46.2 Å². The molecule has 118 valence electrons. The molecule has 0 radical (unpaired) electrons. The van der Waals surface area contributed by atoms with E-state index in [1.807, 2.05) is 32.9 Å². The highest BCUT2D eigenvalue weighted by molar-refractivity contribution is 7.92. The largest absolute Gasteiger partial charge is 0.309 e. The smallest absolute Gasteiger partial charge is 0.158 e. The number of hydrogen-bond donors (Lipinski definition) is 1. The van der Waals surface area contributed by atoms with Gasteiger partial charge in [0, 0.05) is 6.04 Å². The Hall–Kier alpha value is -0.870.